The number of carbonyl (C=O) groups excluding carboxylic acids is 1. The summed E-state index contributed by atoms with van der Waals surface area (Å²) >= 11 is 0. The van der Waals surface area contributed by atoms with Gasteiger partial charge in [0.1, 0.15) is 5.75 Å². The Hall–Kier alpha value is -1.55. The van der Waals surface area contributed by atoms with Crippen LogP contribution in [-0.4, -0.2) is 18.1 Å². The van der Waals surface area contributed by atoms with Gasteiger partial charge in [0.05, 0.1) is 6.61 Å². The Morgan fingerprint density at radius 2 is 1.95 bits per heavy atom. The second-order valence-corrected chi connectivity index (χ2v) is 5.67. The molecule has 0 atom stereocenters. The Balaban J connectivity index is 1.84. The van der Waals surface area contributed by atoms with Crippen LogP contribution >= 0.6 is 0 Å². The molecule has 110 valence electrons. The number of hydrogen-bond donors (Lipinski definition) is 2. The molecule has 1 amide bonds. The Labute approximate surface area is 120 Å². The normalized spacial score (nSPS) is 16.9. The van der Waals surface area contributed by atoms with Crippen LogP contribution in [0.1, 0.15) is 45.4 Å². The van der Waals surface area contributed by atoms with Crippen molar-refractivity contribution in [2.45, 2.75) is 51.0 Å². The van der Waals surface area contributed by atoms with Crippen LogP contribution in [0, 0.1) is 0 Å². The van der Waals surface area contributed by atoms with Gasteiger partial charge in [-0.3, -0.25) is 4.79 Å². The molecule has 1 aromatic rings. The summed E-state index contributed by atoms with van der Waals surface area (Å²) in [5.74, 6) is 0.826. The van der Waals surface area contributed by atoms with Crippen LogP contribution in [0.3, 0.4) is 0 Å². The average Bonchev–Trinajstić information content (AvgIpc) is 2.84. The zero-order valence-corrected chi connectivity index (χ0v) is 12.2. The Morgan fingerprint density at radius 1 is 1.30 bits per heavy atom. The molecule has 0 bridgehead atoms. The third-order valence-corrected chi connectivity index (χ3v) is 3.72. The number of benzene rings is 1. The van der Waals surface area contributed by atoms with Gasteiger partial charge in [-0.1, -0.05) is 19.8 Å². The summed E-state index contributed by atoms with van der Waals surface area (Å²) in [6.45, 7) is 2.78. The van der Waals surface area contributed by atoms with Gasteiger partial charge in [-0.15, -0.1) is 0 Å². The standard InChI is InChI=1S/C16H24N2O2/c1-2-11-20-14-7-5-13(6-8-14)18-15(19)12-16(17)9-3-4-10-16/h5-8H,2-4,9-12,17H2,1H3,(H,18,19). The first-order valence-corrected chi connectivity index (χ1v) is 7.43. The minimum absolute atomic E-state index is 0.00312. The Morgan fingerprint density at radius 3 is 2.55 bits per heavy atom. The monoisotopic (exact) mass is 276 g/mol. The van der Waals surface area contributed by atoms with Gasteiger partial charge >= 0.3 is 0 Å². The molecule has 20 heavy (non-hydrogen) atoms. The molecule has 1 aliphatic carbocycles. The van der Waals surface area contributed by atoms with E-state index in [1.165, 1.54) is 0 Å². The van der Waals surface area contributed by atoms with E-state index >= 15 is 0 Å². The van der Waals surface area contributed by atoms with Gasteiger partial charge in [0.25, 0.3) is 0 Å². The van der Waals surface area contributed by atoms with E-state index in [0.29, 0.717) is 13.0 Å². The second kappa shape index (κ2) is 6.75. The van der Waals surface area contributed by atoms with E-state index in [1.807, 2.05) is 24.3 Å². The van der Waals surface area contributed by atoms with Crippen molar-refractivity contribution in [1.29, 1.82) is 0 Å². The van der Waals surface area contributed by atoms with E-state index in [0.717, 1.165) is 43.5 Å². The number of anilines is 1. The van der Waals surface area contributed by atoms with E-state index in [2.05, 4.69) is 12.2 Å². The number of rotatable bonds is 6. The number of nitrogens with two attached hydrogens (primary N) is 1. The van der Waals surface area contributed by atoms with Crippen molar-refractivity contribution in [3.05, 3.63) is 24.3 Å². The molecule has 0 unspecified atom stereocenters. The molecule has 0 heterocycles. The third kappa shape index (κ3) is 4.23. The number of hydrogen-bond acceptors (Lipinski definition) is 3. The summed E-state index contributed by atoms with van der Waals surface area (Å²) in [4.78, 5) is 12.0. The molecule has 1 saturated carbocycles. The molecule has 0 aliphatic heterocycles. The van der Waals surface area contributed by atoms with Crippen LogP contribution in [0.5, 0.6) is 5.75 Å². The fourth-order valence-corrected chi connectivity index (χ4v) is 2.64. The minimum atomic E-state index is -0.297. The van der Waals surface area contributed by atoms with Crippen molar-refractivity contribution in [3.8, 4) is 5.75 Å². The van der Waals surface area contributed by atoms with Crippen molar-refractivity contribution in [2.24, 2.45) is 5.73 Å². The van der Waals surface area contributed by atoms with E-state index < -0.39 is 0 Å². The minimum Gasteiger partial charge on any atom is -0.494 e. The summed E-state index contributed by atoms with van der Waals surface area (Å²) < 4.78 is 5.51. The summed E-state index contributed by atoms with van der Waals surface area (Å²) in [5.41, 5.74) is 6.71. The summed E-state index contributed by atoms with van der Waals surface area (Å²) in [5, 5.41) is 2.90. The number of nitrogens with one attached hydrogen (secondary N) is 1. The first-order valence-electron chi connectivity index (χ1n) is 7.43. The summed E-state index contributed by atoms with van der Waals surface area (Å²) in [6.07, 6.45) is 5.55. The molecule has 1 aliphatic rings. The smallest absolute Gasteiger partial charge is 0.226 e. The molecule has 0 spiro atoms. The van der Waals surface area contributed by atoms with Crippen molar-refractivity contribution in [1.82, 2.24) is 0 Å². The van der Waals surface area contributed by atoms with Crippen LogP contribution in [0.15, 0.2) is 24.3 Å². The first-order chi connectivity index (χ1) is 9.61. The highest BCUT2D eigenvalue weighted by atomic mass is 16.5. The van der Waals surface area contributed by atoms with Crippen molar-refractivity contribution in [2.75, 3.05) is 11.9 Å². The molecular formula is C16H24N2O2. The van der Waals surface area contributed by atoms with Crippen LogP contribution in [0.25, 0.3) is 0 Å². The van der Waals surface area contributed by atoms with E-state index in [4.69, 9.17) is 10.5 Å². The Kier molecular flexibility index (Phi) is 5.01. The lowest BCUT2D eigenvalue weighted by Gasteiger charge is -2.22. The molecule has 1 fully saturated rings. The fourth-order valence-electron chi connectivity index (χ4n) is 2.64. The molecule has 2 rings (SSSR count). The number of carbonyl (C=O) groups is 1. The van der Waals surface area contributed by atoms with Crippen molar-refractivity contribution < 1.29 is 9.53 Å². The lowest BCUT2D eigenvalue weighted by atomic mass is 9.94. The predicted molar refractivity (Wildman–Crippen MR) is 80.9 cm³/mol. The first kappa shape index (κ1) is 14.9. The molecular weight excluding hydrogens is 252 g/mol. The van der Waals surface area contributed by atoms with Crippen LogP contribution in [-0.2, 0) is 4.79 Å². The van der Waals surface area contributed by atoms with Gasteiger partial charge in [0, 0.05) is 17.6 Å². The molecule has 3 N–H and O–H groups in total. The van der Waals surface area contributed by atoms with E-state index in [9.17, 15) is 4.79 Å². The highest BCUT2D eigenvalue weighted by Crippen LogP contribution is 2.30. The van der Waals surface area contributed by atoms with E-state index in [1.54, 1.807) is 0 Å². The third-order valence-electron chi connectivity index (χ3n) is 3.72. The molecule has 4 nitrogen and oxygen atoms in total. The van der Waals surface area contributed by atoms with Crippen LogP contribution < -0.4 is 15.8 Å². The molecule has 0 aromatic heterocycles. The van der Waals surface area contributed by atoms with Crippen molar-refractivity contribution in [3.63, 3.8) is 0 Å². The molecule has 1 aromatic carbocycles. The zero-order chi connectivity index (χ0) is 14.4. The SMILES string of the molecule is CCCOc1ccc(NC(=O)CC2(N)CCCC2)cc1. The largest absolute Gasteiger partial charge is 0.494 e. The lowest BCUT2D eigenvalue weighted by Crippen LogP contribution is -2.40. The maximum Gasteiger partial charge on any atom is 0.226 e. The predicted octanol–water partition coefficient (Wildman–Crippen LogP) is 3.08. The van der Waals surface area contributed by atoms with Gasteiger partial charge in [-0.05, 0) is 43.5 Å². The highest BCUT2D eigenvalue weighted by Gasteiger charge is 2.31. The van der Waals surface area contributed by atoms with E-state index in [-0.39, 0.29) is 11.4 Å². The Bertz CT molecular complexity index is 436. The van der Waals surface area contributed by atoms with Gasteiger partial charge in [-0.25, -0.2) is 0 Å². The van der Waals surface area contributed by atoms with Gasteiger partial charge in [0.15, 0.2) is 0 Å². The second-order valence-electron chi connectivity index (χ2n) is 5.67. The maximum atomic E-state index is 12.0. The summed E-state index contributed by atoms with van der Waals surface area (Å²) in [7, 11) is 0. The van der Waals surface area contributed by atoms with Crippen LogP contribution in [0.4, 0.5) is 5.69 Å². The topological polar surface area (TPSA) is 64.3 Å². The molecule has 0 radical (unpaired) electrons. The van der Waals surface area contributed by atoms with Crippen molar-refractivity contribution >= 4 is 11.6 Å². The van der Waals surface area contributed by atoms with Gasteiger partial charge < -0.3 is 15.8 Å². The highest BCUT2D eigenvalue weighted by molar-refractivity contribution is 5.91. The van der Waals surface area contributed by atoms with Crippen LogP contribution in [0.2, 0.25) is 0 Å². The number of ether oxygens (including phenoxy) is 1. The average molecular weight is 276 g/mol. The van der Waals surface area contributed by atoms with Gasteiger partial charge in [-0.2, -0.15) is 0 Å². The lowest BCUT2D eigenvalue weighted by molar-refractivity contribution is -0.117. The quantitative estimate of drug-likeness (QED) is 0.839. The maximum absolute atomic E-state index is 12.0. The fraction of sp³-hybridized carbons (Fsp3) is 0.562. The van der Waals surface area contributed by atoms with Gasteiger partial charge in [0.2, 0.25) is 5.91 Å². The zero-order valence-electron chi connectivity index (χ0n) is 12.2. The molecule has 0 saturated heterocycles. The summed E-state index contributed by atoms with van der Waals surface area (Å²) in [6, 6.07) is 7.47. The number of amides is 1. The molecule has 4 heteroatoms.